The van der Waals surface area contributed by atoms with Gasteiger partial charge in [0.05, 0.1) is 13.2 Å². The second kappa shape index (κ2) is 4.99. The molecule has 2 rings (SSSR count). The molecule has 1 heterocycles. The van der Waals surface area contributed by atoms with E-state index in [0.29, 0.717) is 6.54 Å². The van der Waals surface area contributed by atoms with Crippen molar-refractivity contribution in [3.63, 3.8) is 0 Å². The van der Waals surface area contributed by atoms with Crippen molar-refractivity contribution >= 4 is 11.6 Å². The number of rotatable bonds is 2. The Hall–Kier alpha value is -1.55. The maximum absolute atomic E-state index is 11.4. The molecule has 0 radical (unpaired) electrons. The number of nitrogens with one attached hydrogen (secondary N) is 1. The van der Waals surface area contributed by atoms with Gasteiger partial charge in [-0.1, -0.05) is 12.1 Å². The van der Waals surface area contributed by atoms with E-state index in [1.54, 1.807) is 0 Å². The summed E-state index contributed by atoms with van der Waals surface area (Å²) < 4.78 is 0. The van der Waals surface area contributed by atoms with E-state index >= 15 is 0 Å². The highest BCUT2D eigenvalue weighted by molar-refractivity contribution is 5.81. The predicted molar refractivity (Wildman–Crippen MR) is 62.2 cm³/mol. The maximum atomic E-state index is 11.4. The van der Waals surface area contributed by atoms with Gasteiger partial charge in [-0.25, -0.2) is 0 Å². The summed E-state index contributed by atoms with van der Waals surface area (Å²) in [6.07, 6.45) is 0.966. The maximum Gasteiger partial charge on any atom is 0.239 e. The molecule has 1 saturated heterocycles. The number of carbonyl (C=O) groups is 1. The van der Waals surface area contributed by atoms with Crippen LogP contribution in [0.15, 0.2) is 24.3 Å². The van der Waals surface area contributed by atoms with Gasteiger partial charge >= 0.3 is 0 Å². The quantitative estimate of drug-likeness (QED) is 0.763. The van der Waals surface area contributed by atoms with Gasteiger partial charge in [0.1, 0.15) is 0 Å². The van der Waals surface area contributed by atoms with Crippen molar-refractivity contribution in [1.82, 2.24) is 5.32 Å². The molecule has 1 aliphatic rings. The monoisotopic (exact) mass is 220 g/mol. The standard InChI is InChI=1S/C12H16N2O2/c15-9-10-2-4-11(5-3-10)14-7-1-6-13-12(16)8-14/h2-5,15H,1,6-9H2,(H,13,16). The lowest BCUT2D eigenvalue weighted by atomic mass is 10.2. The molecule has 0 saturated carbocycles. The fourth-order valence-electron chi connectivity index (χ4n) is 1.84. The van der Waals surface area contributed by atoms with E-state index in [-0.39, 0.29) is 12.5 Å². The highest BCUT2D eigenvalue weighted by Gasteiger charge is 2.14. The van der Waals surface area contributed by atoms with Crippen molar-refractivity contribution in [2.45, 2.75) is 13.0 Å². The molecule has 1 aromatic carbocycles. The molecular formula is C12H16N2O2. The van der Waals surface area contributed by atoms with E-state index in [2.05, 4.69) is 10.2 Å². The summed E-state index contributed by atoms with van der Waals surface area (Å²) in [5.41, 5.74) is 1.93. The topological polar surface area (TPSA) is 52.6 Å². The van der Waals surface area contributed by atoms with Crippen LogP contribution in [0.4, 0.5) is 5.69 Å². The lowest BCUT2D eigenvalue weighted by Gasteiger charge is -2.21. The summed E-state index contributed by atoms with van der Waals surface area (Å²) in [4.78, 5) is 13.5. The molecule has 0 aliphatic carbocycles. The molecule has 0 bridgehead atoms. The SMILES string of the molecule is O=C1CN(c2ccc(CO)cc2)CCCN1. The molecule has 4 nitrogen and oxygen atoms in total. The molecule has 0 aromatic heterocycles. The normalized spacial score (nSPS) is 16.8. The average molecular weight is 220 g/mol. The summed E-state index contributed by atoms with van der Waals surface area (Å²) in [6, 6.07) is 7.67. The van der Waals surface area contributed by atoms with E-state index in [1.807, 2.05) is 24.3 Å². The molecule has 0 spiro atoms. The first kappa shape index (κ1) is 11.0. The van der Waals surface area contributed by atoms with Crippen molar-refractivity contribution in [3.05, 3.63) is 29.8 Å². The van der Waals surface area contributed by atoms with Gasteiger partial charge < -0.3 is 15.3 Å². The van der Waals surface area contributed by atoms with Crippen LogP contribution in [0.1, 0.15) is 12.0 Å². The van der Waals surface area contributed by atoms with E-state index in [9.17, 15) is 4.79 Å². The van der Waals surface area contributed by atoms with Crippen LogP contribution in [-0.4, -0.2) is 30.6 Å². The van der Waals surface area contributed by atoms with Gasteiger partial charge in [0, 0.05) is 18.8 Å². The Morgan fingerprint density at radius 3 is 2.75 bits per heavy atom. The molecular weight excluding hydrogens is 204 g/mol. The van der Waals surface area contributed by atoms with Crippen molar-refractivity contribution in [2.75, 3.05) is 24.5 Å². The van der Waals surface area contributed by atoms with Crippen LogP contribution in [0.2, 0.25) is 0 Å². The lowest BCUT2D eigenvalue weighted by Crippen LogP contribution is -2.32. The highest BCUT2D eigenvalue weighted by atomic mass is 16.3. The molecule has 1 aromatic rings. The molecule has 2 N–H and O–H groups in total. The minimum Gasteiger partial charge on any atom is -0.392 e. The Morgan fingerprint density at radius 1 is 1.31 bits per heavy atom. The number of benzene rings is 1. The lowest BCUT2D eigenvalue weighted by molar-refractivity contribution is -0.119. The molecule has 86 valence electrons. The van der Waals surface area contributed by atoms with Crippen LogP contribution in [0.5, 0.6) is 0 Å². The van der Waals surface area contributed by atoms with Gasteiger partial charge in [-0.15, -0.1) is 0 Å². The molecule has 1 fully saturated rings. The first-order valence-electron chi connectivity index (χ1n) is 5.51. The smallest absolute Gasteiger partial charge is 0.239 e. The van der Waals surface area contributed by atoms with E-state index in [0.717, 1.165) is 30.8 Å². The minimum absolute atomic E-state index is 0.0563. The van der Waals surface area contributed by atoms with E-state index in [1.165, 1.54) is 0 Å². The summed E-state index contributed by atoms with van der Waals surface area (Å²) in [5.74, 6) is 0.0729. The van der Waals surface area contributed by atoms with Gasteiger partial charge in [-0.3, -0.25) is 4.79 Å². The fraction of sp³-hybridized carbons (Fsp3) is 0.417. The number of carbonyl (C=O) groups excluding carboxylic acids is 1. The van der Waals surface area contributed by atoms with Crippen LogP contribution < -0.4 is 10.2 Å². The van der Waals surface area contributed by atoms with Crippen LogP contribution >= 0.6 is 0 Å². The second-order valence-corrected chi connectivity index (χ2v) is 3.95. The summed E-state index contributed by atoms with van der Waals surface area (Å²) in [7, 11) is 0. The number of nitrogens with zero attached hydrogens (tertiary/aromatic N) is 1. The van der Waals surface area contributed by atoms with Crippen LogP contribution in [0.3, 0.4) is 0 Å². The van der Waals surface area contributed by atoms with Crippen molar-refractivity contribution in [2.24, 2.45) is 0 Å². The molecule has 4 heteroatoms. The predicted octanol–water partition coefficient (Wildman–Crippen LogP) is 0.505. The van der Waals surface area contributed by atoms with Gasteiger partial charge in [-0.2, -0.15) is 0 Å². The first-order valence-corrected chi connectivity index (χ1v) is 5.51. The number of hydrogen-bond acceptors (Lipinski definition) is 3. The number of aliphatic hydroxyl groups excluding tert-OH is 1. The van der Waals surface area contributed by atoms with Gasteiger partial charge in [0.15, 0.2) is 0 Å². The first-order chi connectivity index (χ1) is 7.79. The van der Waals surface area contributed by atoms with Gasteiger partial charge in [-0.05, 0) is 24.1 Å². The zero-order valence-electron chi connectivity index (χ0n) is 9.15. The van der Waals surface area contributed by atoms with Crippen LogP contribution in [-0.2, 0) is 11.4 Å². The summed E-state index contributed by atoms with van der Waals surface area (Å²) >= 11 is 0. The molecule has 1 aliphatic heterocycles. The fourth-order valence-corrected chi connectivity index (χ4v) is 1.84. The molecule has 16 heavy (non-hydrogen) atoms. The Kier molecular flexibility index (Phi) is 3.41. The number of anilines is 1. The third-order valence-corrected chi connectivity index (χ3v) is 2.75. The van der Waals surface area contributed by atoms with Crippen molar-refractivity contribution in [3.8, 4) is 0 Å². The average Bonchev–Trinajstić information content (AvgIpc) is 2.54. The molecule has 1 amide bonds. The summed E-state index contributed by atoms with van der Waals surface area (Å²) in [6.45, 7) is 2.11. The Morgan fingerprint density at radius 2 is 2.06 bits per heavy atom. The third kappa shape index (κ3) is 2.52. The van der Waals surface area contributed by atoms with E-state index < -0.39 is 0 Å². The highest BCUT2D eigenvalue weighted by Crippen LogP contribution is 2.16. The zero-order chi connectivity index (χ0) is 11.4. The zero-order valence-corrected chi connectivity index (χ0v) is 9.15. The number of amides is 1. The van der Waals surface area contributed by atoms with Crippen LogP contribution in [0.25, 0.3) is 0 Å². The van der Waals surface area contributed by atoms with E-state index in [4.69, 9.17) is 5.11 Å². The molecule has 0 atom stereocenters. The number of hydrogen-bond donors (Lipinski definition) is 2. The van der Waals surface area contributed by atoms with Gasteiger partial charge in [0.25, 0.3) is 0 Å². The Balaban J connectivity index is 2.12. The Bertz CT molecular complexity index is 362. The number of aliphatic hydroxyl groups is 1. The van der Waals surface area contributed by atoms with Gasteiger partial charge in [0.2, 0.25) is 5.91 Å². The second-order valence-electron chi connectivity index (χ2n) is 3.95. The van der Waals surface area contributed by atoms with Crippen molar-refractivity contribution in [1.29, 1.82) is 0 Å². The molecule has 0 unspecified atom stereocenters. The van der Waals surface area contributed by atoms with Crippen molar-refractivity contribution < 1.29 is 9.90 Å². The summed E-state index contributed by atoms with van der Waals surface area (Å²) in [5, 5.41) is 11.8. The Labute approximate surface area is 94.9 Å². The third-order valence-electron chi connectivity index (χ3n) is 2.75. The largest absolute Gasteiger partial charge is 0.392 e. The minimum atomic E-state index is 0.0563. The van der Waals surface area contributed by atoms with Crippen LogP contribution in [0, 0.1) is 0 Å².